The van der Waals surface area contributed by atoms with Gasteiger partial charge in [-0.3, -0.25) is 10.1 Å². The fraction of sp³-hybridized carbons (Fsp3) is 0.500. The molecule has 1 atom stereocenters. The maximum Gasteiger partial charge on any atom is 0.272 e. The van der Waals surface area contributed by atoms with E-state index >= 15 is 0 Å². The lowest BCUT2D eigenvalue weighted by Gasteiger charge is -2.22. The van der Waals surface area contributed by atoms with Crippen molar-refractivity contribution in [1.29, 1.82) is 0 Å². The lowest BCUT2D eigenvalue weighted by molar-refractivity contribution is -0.385. The molecule has 0 saturated carbocycles. The molecular formula is C12H18N2O3. The third kappa shape index (κ3) is 3.71. The van der Waals surface area contributed by atoms with Gasteiger partial charge in [0, 0.05) is 23.9 Å². The molecule has 0 aliphatic carbocycles. The number of nitrogens with zero attached hydrogens (tertiary/aromatic N) is 1. The van der Waals surface area contributed by atoms with Crippen molar-refractivity contribution in [3.8, 4) is 0 Å². The van der Waals surface area contributed by atoms with Gasteiger partial charge in [0.05, 0.1) is 10.5 Å². The number of hydrogen-bond acceptors (Lipinski definition) is 4. The molecule has 2 N–H and O–H groups in total. The fourth-order valence-electron chi connectivity index (χ4n) is 1.39. The molecule has 17 heavy (non-hydrogen) atoms. The molecule has 0 fully saturated rings. The predicted molar refractivity (Wildman–Crippen MR) is 67.2 cm³/mol. The summed E-state index contributed by atoms with van der Waals surface area (Å²) in [6.45, 7) is 5.77. The molecule has 0 spiro atoms. The van der Waals surface area contributed by atoms with Crippen molar-refractivity contribution in [3.05, 3.63) is 33.9 Å². The van der Waals surface area contributed by atoms with Gasteiger partial charge in [0.25, 0.3) is 5.69 Å². The number of nitro benzene ring substituents is 1. The van der Waals surface area contributed by atoms with Crippen LogP contribution in [0.5, 0.6) is 0 Å². The average molecular weight is 238 g/mol. The molecule has 1 aromatic carbocycles. The SMILES string of the molecule is CC[C@@](C)(O)CNc1ccc([N+](=O)[O-])c(C)c1. The quantitative estimate of drug-likeness (QED) is 0.610. The monoisotopic (exact) mass is 238 g/mol. The normalized spacial score (nSPS) is 14.1. The molecule has 0 radical (unpaired) electrons. The summed E-state index contributed by atoms with van der Waals surface area (Å²) >= 11 is 0. The molecule has 1 aromatic rings. The van der Waals surface area contributed by atoms with Crippen LogP contribution in [0.25, 0.3) is 0 Å². The first-order valence-electron chi connectivity index (χ1n) is 5.57. The summed E-state index contributed by atoms with van der Waals surface area (Å²) < 4.78 is 0. The van der Waals surface area contributed by atoms with Gasteiger partial charge in [-0.1, -0.05) is 6.92 Å². The van der Waals surface area contributed by atoms with Crippen molar-refractivity contribution in [2.24, 2.45) is 0 Å². The van der Waals surface area contributed by atoms with E-state index in [1.807, 2.05) is 6.92 Å². The standard InChI is InChI=1S/C12H18N2O3/c1-4-12(3,15)8-13-10-5-6-11(14(16)17)9(2)7-10/h5-7,13,15H,4,8H2,1-3H3/t12-/m1/s1. The predicted octanol–water partition coefficient (Wildman–Crippen LogP) is 2.48. The molecule has 0 amide bonds. The van der Waals surface area contributed by atoms with Crippen LogP contribution in [-0.2, 0) is 0 Å². The smallest absolute Gasteiger partial charge is 0.272 e. The summed E-state index contributed by atoms with van der Waals surface area (Å²) in [6.07, 6.45) is 0.645. The average Bonchev–Trinajstić information content (AvgIpc) is 2.26. The summed E-state index contributed by atoms with van der Waals surface area (Å²) in [4.78, 5) is 10.2. The van der Waals surface area contributed by atoms with E-state index in [1.54, 1.807) is 26.0 Å². The van der Waals surface area contributed by atoms with Crippen molar-refractivity contribution in [3.63, 3.8) is 0 Å². The fourth-order valence-corrected chi connectivity index (χ4v) is 1.39. The number of hydrogen-bond donors (Lipinski definition) is 2. The summed E-state index contributed by atoms with van der Waals surface area (Å²) in [7, 11) is 0. The van der Waals surface area contributed by atoms with Gasteiger partial charge in [0.15, 0.2) is 0 Å². The van der Waals surface area contributed by atoms with Crippen LogP contribution in [0, 0.1) is 17.0 Å². The van der Waals surface area contributed by atoms with Crippen LogP contribution in [0.1, 0.15) is 25.8 Å². The number of aryl methyl sites for hydroxylation is 1. The Kier molecular flexibility index (Phi) is 4.07. The first-order valence-corrected chi connectivity index (χ1v) is 5.57. The van der Waals surface area contributed by atoms with Crippen LogP contribution in [-0.4, -0.2) is 22.2 Å². The molecule has 0 aliphatic rings. The highest BCUT2D eigenvalue weighted by Gasteiger charge is 2.17. The molecule has 0 saturated heterocycles. The van der Waals surface area contributed by atoms with Gasteiger partial charge >= 0.3 is 0 Å². The highest BCUT2D eigenvalue weighted by Crippen LogP contribution is 2.22. The van der Waals surface area contributed by atoms with E-state index in [9.17, 15) is 15.2 Å². The molecule has 5 nitrogen and oxygen atoms in total. The molecule has 1 rings (SSSR count). The summed E-state index contributed by atoms with van der Waals surface area (Å²) in [5.74, 6) is 0. The van der Waals surface area contributed by atoms with E-state index in [-0.39, 0.29) is 5.69 Å². The minimum atomic E-state index is -0.768. The van der Waals surface area contributed by atoms with Crippen molar-refractivity contribution in [2.75, 3.05) is 11.9 Å². The van der Waals surface area contributed by atoms with Crippen LogP contribution >= 0.6 is 0 Å². The zero-order valence-corrected chi connectivity index (χ0v) is 10.4. The topological polar surface area (TPSA) is 75.4 Å². The minimum absolute atomic E-state index is 0.109. The van der Waals surface area contributed by atoms with Crippen LogP contribution in [0.15, 0.2) is 18.2 Å². The Morgan fingerprint density at radius 3 is 2.65 bits per heavy atom. The third-order valence-corrected chi connectivity index (χ3v) is 2.83. The Morgan fingerprint density at radius 1 is 1.53 bits per heavy atom. The summed E-state index contributed by atoms with van der Waals surface area (Å²) in [6, 6.07) is 4.83. The van der Waals surface area contributed by atoms with E-state index in [4.69, 9.17) is 0 Å². The van der Waals surface area contributed by atoms with Crippen molar-refractivity contribution >= 4 is 11.4 Å². The molecule has 0 aliphatic heterocycles. The van der Waals surface area contributed by atoms with Gasteiger partial charge in [0.1, 0.15) is 0 Å². The van der Waals surface area contributed by atoms with Gasteiger partial charge in [-0.2, -0.15) is 0 Å². The Morgan fingerprint density at radius 2 is 2.18 bits per heavy atom. The van der Waals surface area contributed by atoms with Crippen molar-refractivity contribution < 1.29 is 10.0 Å². The largest absolute Gasteiger partial charge is 0.388 e. The maximum absolute atomic E-state index is 10.6. The number of rotatable bonds is 5. The number of nitro groups is 1. The Hall–Kier alpha value is -1.62. The van der Waals surface area contributed by atoms with E-state index in [0.717, 1.165) is 5.69 Å². The third-order valence-electron chi connectivity index (χ3n) is 2.83. The zero-order chi connectivity index (χ0) is 13.1. The summed E-state index contributed by atoms with van der Waals surface area (Å²) in [5.41, 5.74) is 0.728. The number of anilines is 1. The molecular weight excluding hydrogens is 220 g/mol. The highest BCUT2D eigenvalue weighted by molar-refractivity contribution is 5.53. The first-order chi connectivity index (χ1) is 7.85. The Labute approximate surface area is 101 Å². The molecule has 5 heteroatoms. The van der Waals surface area contributed by atoms with Gasteiger partial charge in [-0.05, 0) is 32.4 Å². The lowest BCUT2D eigenvalue weighted by Crippen LogP contribution is -2.32. The second kappa shape index (κ2) is 5.14. The van der Waals surface area contributed by atoms with Gasteiger partial charge in [-0.25, -0.2) is 0 Å². The summed E-state index contributed by atoms with van der Waals surface area (Å²) in [5, 5.41) is 23.5. The maximum atomic E-state index is 10.6. The first kappa shape index (κ1) is 13.4. The highest BCUT2D eigenvalue weighted by atomic mass is 16.6. The van der Waals surface area contributed by atoms with E-state index in [2.05, 4.69) is 5.32 Å². The second-order valence-electron chi connectivity index (χ2n) is 4.46. The number of benzene rings is 1. The van der Waals surface area contributed by atoms with Crippen molar-refractivity contribution in [1.82, 2.24) is 0 Å². The number of aliphatic hydroxyl groups is 1. The van der Waals surface area contributed by atoms with E-state index in [1.165, 1.54) is 6.07 Å². The molecule has 0 bridgehead atoms. The van der Waals surface area contributed by atoms with Crippen LogP contribution < -0.4 is 5.32 Å². The minimum Gasteiger partial charge on any atom is -0.388 e. The van der Waals surface area contributed by atoms with Crippen LogP contribution in [0.4, 0.5) is 11.4 Å². The Balaban J connectivity index is 2.75. The number of nitrogens with one attached hydrogen (secondary N) is 1. The molecule has 0 aromatic heterocycles. The van der Waals surface area contributed by atoms with Crippen LogP contribution in [0.2, 0.25) is 0 Å². The van der Waals surface area contributed by atoms with Crippen molar-refractivity contribution in [2.45, 2.75) is 32.8 Å². The molecule has 0 unspecified atom stereocenters. The van der Waals surface area contributed by atoms with E-state index in [0.29, 0.717) is 18.5 Å². The molecule has 0 heterocycles. The molecule has 94 valence electrons. The van der Waals surface area contributed by atoms with Gasteiger partial charge in [-0.15, -0.1) is 0 Å². The Bertz CT molecular complexity index is 416. The van der Waals surface area contributed by atoms with E-state index < -0.39 is 10.5 Å². The lowest BCUT2D eigenvalue weighted by atomic mass is 10.0. The second-order valence-corrected chi connectivity index (χ2v) is 4.46. The zero-order valence-electron chi connectivity index (χ0n) is 10.4. The van der Waals surface area contributed by atoms with Gasteiger partial charge in [0.2, 0.25) is 0 Å². The van der Waals surface area contributed by atoms with Gasteiger partial charge < -0.3 is 10.4 Å². The van der Waals surface area contributed by atoms with Crippen LogP contribution in [0.3, 0.4) is 0 Å².